The highest BCUT2D eigenvalue weighted by atomic mass is 32.2. The second-order valence-electron chi connectivity index (χ2n) is 11.0. The summed E-state index contributed by atoms with van der Waals surface area (Å²) in [5, 5.41) is 2.81. The molecule has 5 aromatic rings. The van der Waals surface area contributed by atoms with Crippen LogP contribution in [0.4, 0.5) is 10.1 Å². The van der Waals surface area contributed by atoms with Gasteiger partial charge in [-0.2, -0.15) is 0 Å². The number of hydrogen-bond acceptors (Lipinski definition) is 8. The molecule has 11 heteroatoms. The molecule has 8 nitrogen and oxygen atoms in total. The Hall–Kier alpha value is -3.93. The van der Waals surface area contributed by atoms with Gasteiger partial charge < -0.3 is 19.1 Å². The van der Waals surface area contributed by atoms with Gasteiger partial charge in [-0.3, -0.25) is 9.71 Å². The van der Waals surface area contributed by atoms with Crippen molar-refractivity contribution >= 4 is 48.0 Å². The van der Waals surface area contributed by atoms with Crippen LogP contribution in [0.3, 0.4) is 0 Å². The van der Waals surface area contributed by atoms with Crippen LogP contribution in [-0.4, -0.2) is 51.7 Å². The van der Waals surface area contributed by atoms with Crippen molar-refractivity contribution in [2.24, 2.45) is 5.92 Å². The number of anilines is 1. The van der Waals surface area contributed by atoms with E-state index in [1.165, 1.54) is 36.3 Å². The fourth-order valence-corrected chi connectivity index (χ4v) is 8.14. The largest absolute Gasteiger partial charge is 0.493 e. The average molecular weight is 636 g/mol. The maximum absolute atomic E-state index is 15.2. The number of piperidine rings is 1. The lowest BCUT2D eigenvalue weighted by Gasteiger charge is -2.30. The van der Waals surface area contributed by atoms with Gasteiger partial charge in [0.1, 0.15) is 10.6 Å². The zero-order valence-corrected chi connectivity index (χ0v) is 26.2. The SMILES string of the molecule is COc1cc2c(Oc3ccc(NS(=O)(=O)c4csc5ccccc45)cc3F)ccnc2cc1OCCCN1CCCC(C)C1. The Morgan fingerprint density at radius 1 is 1.05 bits per heavy atom. The molecule has 44 heavy (non-hydrogen) atoms. The van der Waals surface area contributed by atoms with Crippen LogP contribution in [0.1, 0.15) is 26.2 Å². The highest BCUT2D eigenvalue weighted by molar-refractivity contribution is 7.93. The zero-order valence-electron chi connectivity index (χ0n) is 24.6. The van der Waals surface area contributed by atoms with E-state index in [9.17, 15) is 8.42 Å². The summed E-state index contributed by atoms with van der Waals surface area (Å²) in [5.74, 6) is 1.43. The van der Waals surface area contributed by atoms with E-state index in [4.69, 9.17) is 14.2 Å². The number of nitrogens with one attached hydrogen (secondary N) is 1. The van der Waals surface area contributed by atoms with Gasteiger partial charge in [-0.05, 0) is 62.1 Å². The summed E-state index contributed by atoms with van der Waals surface area (Å²) in [6.07, 6.45) is 5.03. The Labute approximate surface area is 260 Å². The number of aromatic nitrogens is 1. The highest BCUT2D eigenvalue weighted by Gasteiger charge is 2.21. The van der Waals surface area contributed by atoms with Crippen molar-refractivity contribution < 1.29 is 27.0 Å². The summed E-state index contributed by atoms with van der Waals surface area (Å²) in [4.78, 5) is 7.10. The second kappa shape index (κ2) is 13.0. The number of nitrogens with zero attached hydrogens (tertiary/aromatic N) is 2. The third kappa shape index (κ3) is 6.59. The van der Waals surface area contributed by atoms with E-state index >= 15 is 4.39 Å². The maximum atomic E-state index is 15.2. The normalized spacial score (nSPS) is 15.8. The smallest absolute Gasteiger partial charge is 0.263 e. The third-order valence-electron chi connectivity index (χ3n) is 7.74. The third-order valence-corrected chi connectivity index (χ3v) is 10.3. The molecule has 0 amide bonds. The van der Waals surface area contributed by atoms with Gasteiger partial charge in [0, 0.05) is 52.3 Å². The fraction of sp³-hybridized carbons (Fsp3) is 0.303. The minimum absolute atomic E-state index is 0.0623. The molecule has 230 valence electrons. The maximum Gasteiger partial charge on any atom is 0.263 e. The fourth-order valence-electron chi connectivity index (χ4n) is 5.59. The molecule has 1 N–H and O–H groups in total. The monoisotopic (exact) mass is 635 g/mol. The molecule has 0 bridgehead atoms. The predicted molar refractivity (Wildman–Crippen MR) is 172 cm³/mol. The van der Waals surface area contributed by atoms with Gasteiger partial charge in [-0.1, -0.05) is 25.1 Å². The van der Waals surface area contributed by atoms with Crippen molar-refractivity contribution in [2.45, 2.75) is 31.1 Å². The molecule has 6 rings (SSSR count). The zero-order chi connectivity index (χ0) is 30.7. The lowest BCUT2D eigenvalue weighted by molar-refractivity contribution is 0.169. The van der Waals surface area contributed by atoms with Gasteiger partial charge in [0.2, 0.25) is 0 Å². The van der Waals surface area contributed by atoms with Crippen molar-refractivity contribution in [1.29, 1.82) is 0 Å². The molecule has 1 aliphatic rings. The topological polar surface area (TPSA) is 90.0 Å². The number of pyridine rings is 1. The van der Waals surface area contributed by atoms with Crippen LogP contribution in [-0.2, 0) is 10.0 Å². The van der Waals surface area contributed by atoms with E-state index in [1.54, 1.807) is 49.0 Å². The number of likely N-dealkylation sites (tertiary alicyclic amines) is 1. The molecule has 1 aliphatic heterocycles. The Balaban J connectivity index is 1.15. The summed E-state index contributed by atoms with van der Waals surface area (Å²) >= 11 is 1.34. The molecule has 0 saturated carbocycles. The molecular formula is C33H34FN3O5S2. The van der Waals surface area contributed by atoms with E-state index in [-0.39, 0.29) is 16.3 Å². The number of halogens is 1. The van der Waals surface area contributed by atoms with Crippen molar-refractivity contribution in [2.75, 3.05) is 38.1 Å². The van der Waals surface area contributed by atoms with Crippen molar-refractivity contribution in [3.63, 3.8) is 0 Å². The number of fused-ring (bicyclic) bond motifs is 2. The molecule has 1 fully saturated rings. The number of benzene rings is 3. The van der Waals surface area contributed by atoms with E-state index in [0.29, 0.717) is 40.1 Å². The summed E-state index contributed by atoms with van der Waals surface area (Å²) in [5.41, 5.74) is 0.693. The molecule has 1 unspecified atom stereocenters. The lowest BCUT2D eigenvalue weighted by Crippen LogP contribution is -2.35. The molecule has 0 spiro atoms. The number of ether oxygens (including phenoxy) is 3. The summed E-state index contributed by atoms with van der Waals surface area (Å²) in [6, 6.07) is 16.4. The number of sulfonamides is 1. The van der Waals surface area contributed by atoms with Crippen LogP contribution in [0.5, 0.6) is 23.0 Å². The van der Waals surface area contributed by atoms with E-state index in [1.807, 2.05) is 12.1 Å². The number of rotatable bonds is 11. The van der Waals surface area contributed by atoms with E-state index < -0.39 is 15.8 Å². The first-order valence-corrected chi connectivity index (χ1v) is 17.0. The van der Waals surface area contributed by atoms with Crippen LogP contribution >= 0.6 is 11.3 Å². The molecule has 3 aromatic carbocycles. The number of hydrogen-bond donors (Lipinski definition) is 1. The molecule has 1 saturated heterocycles. The minimum atomic E-state index is -3.93. The molecule has 2 aromatic heterocycles. The molecular weight excluding hydrogens is 602 g/mol. The van der Waals surface area contributed by atoms with Crippen LogP contribution < -0.4 is 18.9 Å². The Morgan fingerprint density at radius 3 is 2.73 bits per heavy atom. The molecule has 3 heterocycles. The summed E-state index contributed by atoms with van der Waals surface area (Å²) < 4.78 is 62.4. The van der Waals surface area contributed by atoms with Crippen LogP contribution in [0.2, 0.25) is 0 Å². The van der Waals surface area contributed by atoms with Crippen LogP contribution in [0, 0.1) is 11.7 Å². The van der Waals surface area contributed by atoms with Crippen molar-refractivity contribution in [3.8, 4) is 23.0 Å². The Bertz CT molecular complexity index is 1900. The second-order valence-corrected chi connectivity index (χ2v) is 13.6. The average Bonchev–Trinajstić information content (AvgIpc) is 3.46. The van der Waals surface area contributed by atoms with Gasteiger partial charge in [0.25, 0.3) is 10.0 Å². The summed E-state index contributed by atoms with van der Waals surface area (Å²) in [7, 11) is -2.36. The van der Waals surface area contributed by atoms with Crippen LogP contribution in [0.15, 0.2) is 77.1 Å². The van der Waals surface area contributed by atoms with Crippen molar-refractivity contribution in [1.82, 2.24) is 9.88 Å². The van der Waals surface area contributed by atoms with Gasteiger partial charge >= 0.3 is 0 Å². The first kappa shape index (κ1) is 30.1. The first-order chi connectivity index (χ1) is 21.3. The highest BCUT2D eigenvalue weighted by Crippen LogP contribution is 2.38. The lowest BCUT2D eigenvalue weighted by atomic mass is 10.0. The first-order valence-electron chi connectivity index (χ1n) is 14.6. The van der Waals surface area contributed by atoms with Crippen molar-refractivity contribution in [3.05, 3.63) is 78.1 Å². The number of methoxy groups -OCH3 is 1. The predicted octanol–water partition coefficient (Wildman–Crippen LogP) is 7.69. The molecule has 1 atom stereocenters. The molecule has 0 radical (unpaired) electrons. The number of thiophene rings is 1. The minimum Gasteiger partial charge on any atom is -0.493 e. The standard InChI is InChI=1S/C33H34FN3O5S2/c1-22-7-5-14-37(20-22)15-6-16-41-31-19-27-25(18-30(31)40-2)28(12-13-35-27)42-29-11-10-23(17-26(29)34)36-44(38,39)33-21-43-32-9-4-3-8-24(32)33/h3-4,8-13,17-19,21-22,36H,5-7,14-16,20H2,1-2H3. The molecule has 0 aliphatic carbocycles. The van der Waals surface area contributed by atoms with Gasteiger partial charge in [0.05, 0.1) is 24.9 Å². The van der Waals surface area contributed by atoms with Crippen LogP contribution in [0.25, 0.3) is 21.0 Å². The van der Waals surface area contributed by atoms with E-state index in [2.05, 4.69) is 21.5 Å². The van der Waals surface area contributed by atoms with E-state index in [0.717, 1.165) is 42.7 Å². The quantitative estimate of drug-likeness (QED) is 0.149. The summed E-state index contributed by atoms with van der Waals surface area (Å²) in [6.45, 7) is 6.12. The van der Waals surface area contributed by atoms with Gasteiger partial charge in [0.15, 0.2) is 23.1 Å². The van der Waals surface area contributed by atoms with Gasteiger partial charge in [-0.15, -0.1) is 11.3 Å². The Morgan fingerprint density at radius 2 is 1.91 bits per heavy atom. The Kier molecular flexibility index (Phi) is 8.88. The van der Waals surface area contributed by atoms with Gasteiger partial charge in [-0.25, -0.2) is 12.8 Å².